The number of hydrogen-bond acceptors (Lipinski definition) is 5. The van der Waals surface area contributed by atoms with E-state index in [2.05, 4.69) is 39.5 Å². The van der Waals surface area contributed by atoms with Crippen molar-refractivity contribution in [1.29, 1.82) is 0 Å². The molecule has 0 unspecified atom stereocenters. The molecule has 0 saturated carbocycles. The first-order valence-corrected chi connectivity index (χ1v) is 9.55. The molecule has 5 rings (SSSR count). The number of H-pyrrole nitrogens is 1. The van der Waals surface area contributed by atoms with Crippen LogP contribution < -0.4 is 10.7 Å². The van der Waals surface area contributed by atoms with Gasteiger partial charge in [0.1, 0.15) is 6.33 Å². The molecule has 0 aliphatic heterocycles. The van der Waals surface area contributed by atoms with Gasteiger partial charge in [0.2, 0.25) is 0 Å². The SMILES string of the molecule is CN(C)CCCCNc1ccc2ncn3c4ccc5[nH]ncc5c4c(=O)c1c23. The third-order valence-electron chi connectivity index (χ3n) is 5.37. The highest BCUT2D eigenvalue weighted by Gasteiger charge is 2.18. The van der Waals surface area contributed by atoms with Gasteiger partial charge in [-0.3, -0.25) is 14.3 Å². The molecule has 0 aliphatic rings. The lowest BCUT2D eigenvalue weighted by molar-refractivity contribution is 0.396. The Morgan fingerprint density at radius 1 is 1.14 bits per heavy atom. The molecule has 0 amide bonds. The van der Waals surface area contributed by atoms with E-state index < -0.39 is 0 Å². The topological polar surface area (TPSA) is 78.3 Å². The van der Waals surface area contributed by atoms with Crippen LogP contribution in [0.4, 0.5) is 5.69 Å². The zero-order valence-electron chi connectivity index (χ0n) is 16.0. The van der Waals surface area contributed by atoms with Crippen LogP contribution >= 0.6 is 0 Å². The Morgan fingerprint density at radius 2 is 2.04 bits per heavy atom. The van der Waals surface area contributed by atoms with Gasteiger partial charge in [0, 0.05) is 17.6 Å². The van der Waals surface area contributed by atoms with E-state index in [9.17, 15) is 4.79 Å². The van der Waals surface area contributed by atoms with Crippen molar-refractivity contribution >= 4 is 43.9 Å². The molecule has 3 aromatic heterocycles. The number of hydrogen-bond donors (Lipinski definition) is 2. The van der Waals surface area contributed by atoms with Crippen LogP contribution in [0.1, 0.15) is 12.8 Å². The smallest absolute Gasteiger partial charge is 0.200 e. The first kappa shape index (κ1) is 16.9. The highest BCUT2D eigenvalue weighted by molar-refractivity contribution is 6.13. The fraction of sp³-hybridized carbons (Fsp3) is 0.286. The minimum Gasteiger partial charge on any atom is -0.384 e. The average molecular weight is 374 g/mol. The summed E-state index contributed by atoms with van der Waals surface area (Å²) < 4.78 is 2.02. The zero-order valence-corrected chi connectivity index (χ0v) is 16.0. The maximum atomic E-state index is 13.6. The molecule has 142 valence electrons. The molecule has 0 saturated heterocycles. The van der Waals surface area contributed by atoms with Crippen LogP contribution in [-0.2, 0) is 0 Å². The summed E-state index contributed by atoms with van der Waals surface area (Å²) in [6.07, 6.45) is 5.68. The van der Waals surface area contributed by atoms with Crippen LogP contribution in [0, 0.1) is 0 Å². The zero-order chi connectivity index (χ0) is 19.3. The lowest BCUT2D eigenvalue weighted by Crippen LogP contribution is -2.15. The minimum absolute atomic E-state index is 0.0244. The molecule has 0 radical (unpaired) electrons. The quantitative estimate of drug-likeness (QED) is 0.353. The molecule has 0 spiro atoms. The number of nitrogens with zero attached hydrogens (tertiary/aromatic N) is 4. The van der Waals surface area contributed by atoms with Crippen molar-refractivity contribution in [1.82, 2.24) is 24.5 Å². The summed E-state index contributed by atoms with van der Waals surface area (Å²) in [5, 5.41) is 12.8. The van der Waals surface area contributed by atoms with Crippen molar-refractivity contribution in [3.8, 4) is 0 Å². The number of rotatable bonds is 6. The summed E-state index contributed by atoms with van der Waals surface area (Å²) in [7, 11) is 4.17. The van der Waals surface area contributed by atoms with E-state index in [0.717, 1.165) is 59.1 Å². The summed E-state index contributed by atoms with van der Waals surface area (Å²) in [4.78, 5) is 20.3. The molecule has 2 aromatic carbocycles. The summed E-state index contributed by atoms with van der Waals surface area (Å²) in [5.74, 6) is 0. The predicted octanol–water partition coefficient (Wildman–Crippen LogP) is 3.07. The van der Waals surface area contributed by atoms with E-state index in [1.54, 1.807) is 12.5 Å². The fourth-order valence-corrected chi connectivity index (χ4v) is 4.01. The van der Waals surface area contributed by atoms with Gasteiger partial charge >= 0.3 is 0 Å². The lowest BCUT2D eigenvalue weighted by Gasteiger charge is -2.13. The number of imidazole rings is 1. The van der Waals surface area contributed by atoms with Crippen LogP contribution in [0.25, 0.3) is 38.2 Å². The highest BCUT2D eigenvalue weighted by Crippen LogP contribution is 2.30. The van der Waals surface area contributed by atoms with Crippen molar-refractivity contribution in [2.75, 3.05) is 32.5 Å². The van der Waals surface area contributed by atoms with Crippen LogP contribution in [0.3, 0.4) is 0 Å². The normalized spacial score (nSPS) is 12.2. The van der Waals surface area contributed by atoms with E-state index in [0.29, 0.717) is 10.8 Å². The van der Waals surface area contributed by atoms with Crippen molar-refractivity contribution < 1.29 is 0 Å². The van der Waals surface area contributed by atoms with E-state index >= 15 is 0 Å². The maximum absolute atomic E-state index is 13.6. The number of aromatic nitrogens is 4. The molecule has 7 heteroatoms. The van der Waals surface area contributed by atoms with Gasteiger partial charge in [-0.25, -0.2) is 4.98 Å². The molecule has 2 N–H and O–H groups in total. The summed E-state index contributed by atoms with van der Waals surface area (Å²) in [6.45, 7) is 1.89. The van der Waals surface area contributed by atoms with Crippen molar-refractivity contribution in [3.63, 3.8) is 0 Å². The van der Waals surface area contributed by atoms with Gasteiger partial charge in [-0.05, 0) is 57.7 Å². The maximum Gasteiger partial charge on any atom is 0.200 e. The number of nitrogens with one attached hydrogen (secondary N) is 2. The van der Waals surface area contributed by atoms with Gasteiger partial charge in [0.25, 0.3) is 0 Å². The Balaban J connectivity index is 1.68. The Hall–Kier alpha value is -3.19. The van der Waals surface area contributed by atoms with Gasteiger partial charge in [0.05, 0.1) is 39.0 Å². The number of anilines is 1. The van der Waals surface area contributed by atoms with Gasteiger partial charge in [-0.1, -0.05) is 0 Å². The van der Waals surface area contributed by atoms with E-state index in [1.165, 1.54) is 0 Å². The Kier molecular flexibility index (Phi) is 3.91. The highest BCUT2D eigenvalue weighted by atomic mass is 16.1. The second-order valence-corrected chi connectivity index (χ2v) is 7.53. The third-order valence-corrected chi connectivity index (χ3v) is 5.37. The number of fused-ring (bicyclic) bond motifs is 4. The monoisotopic (exact) mass is 374 g/mol. The largest absolute Gasteiger partial charge is 0.384 e. The van der Waals surface area contributed by atoms with Crippen molar-refractivity contribution in [2.24, 2.45) is 0 Å². The van der Waals surface area contributed by atoms with Crippen molar-refractivity contribution in [3.05, 3.63) is 47.0 Å². The number of benzene rings is 2. The third kappa shape index (κ3) is 2.51. The first-order valence-electron chi connectivity index (χ1n) is 9.55. The van der Waals surface area contributed by atoms with Gasteiger partial charge in [-0.2, -0.15) is 5.10 Å². The second kappa shape index (κ2) is 6.45. The van der Waals surface area contributed by atoms with Gasteiger partial charge in [-0.15, -0.1) is 0 Å². The lowest BCUT2D eigenvalue weighted by atomic mass is 10.0. The summed E-state index contributed by atoms with van der Waals surface area (Å²) >= 11 is 0. The molecule has 7 nitrogen and oxygen atoms in total. The molecule has 3 heterocycles. The van der Waals surface area contributed by atoms with Crippen LogP contribution in [0.2, 0.25) is 0 Å². The fourth-order valence-electron chi connectivity index (χ4n) is 4.01. The van der Waals surface area contributed by atoms with Crippen molar-refractivity contribution in [2.45, 2.75) is 12.8 Å². The summed E-state index contributed by atoms with van der Waals surface area (Å²) in [5.41, 5.74) is 4.32. The number of unbranched alkanes of at least 4 members (excludes halogenated alkanes) is 1. The van der Waals surface area contributed by atoms with Crippen LogP contribution in [0.5, 0.6) is 0 Å². The Bertz CT molecular complexity index is 1350. The predicted molar refractivity (Wildman–Crippen MR) is 114 cm³/mol. The average Bonchev–Trinajstić information content (AvgIpc) is 3.32. The van der Waals surface area contributed by atoms with E-state index in [-0.39, 0.29) is 5.43 Å². The first-order chi connectivity index (χ1) is 13.6. The van der Waals surface area contributed by atoms with E-state index in [4.69, 9.17) is 0 Å². The molecule has 5 aromatic rings. The summed E-state index contributed by atoms with van der Waals surface area (Å²) in [6, 6.07) is 7.86. The molecule has 0 atom stereocenters. The Labute approximate surface area is 161 Å². The molecular weight excluding hydrogens is 352 g/mol. The standard InChI is InChI=1S/C21H22N6O/c1-26(2)10-4-3-9-22-15-5-6-16-20-19(15)21(28)18-13-11-24-25-14(13)7-8-17(18)27(20)12-23-16/h5-8,11-12,22H,3-4,9-10H2,1-2H3,(H,24,25). The molecule has 0 bridgehead atoms. The minimum atomic E-state index is 0.0244. The molecular formula is C21H22N6O. The van der Waals surface area contributed by atoms with Gasteiger partial charge in [0.15, 0.2) is 5.43 Å². The number of pyridine rings is 1. The van der Waals surface area contributed by atoms with Gasteiger partial charge < -0.3 is 10.2 Å². The van der Waals surface area contributed by atoms with Crippen LogP contribution in [0.15, 0.2) is 41.6 Å². The van der Waals surface area contributed by atoms with E-state index in [1.807, 2.05) is 28.7 Å². The Morgan fingerprint density at radius 3 is 2.89 bits per heavy atom. The van der Waals surface area contributed by atoms with Crippen LogP contribution in [-0.4, -0.2) is 51.7 Å². The second-order valence-electron chi connectivity index (χ2n) is 7.53. The number of aromatic amines is 1. The molecule has 0 aliphatic carbocycles. The molecule has 0 fully saturated rings. The molecule has 28 heavy (non-hydrogen) atoms.